The van der Waals surface area contributed by atoms with Crippen molar-refractivity contribution >= 4 is 11.8 Å². The lowest BCUT2D eigenvalue weighted by Crippen LogP contribution is -2.37. The van der Waals surface area contributed by atoms with E-state index in [4.69, 9.17) is 0 Å². The van der Waals surface area contributed by atoms with E-state index < -0.39 is 0 Å². The van der Waals surface area contributed by atoms with Gasteiger partial charge in [-0.05, 0) is 51.8 Å². The van der Waals surface area contributed by atoms with Crippen LogP contribution in [0.4, 0.5) is 5.82 Å². The van der Waals surface area contributed by atoms with Gasteiger partial charge in [0.2, 0.25) is 0 Å². The molecule has 0 amide bonds. The van der Waals surface area contributed by atoms with Gasteiger partial charge in [0.15, 0.2) is 5.96 Å². The first-order valence-corrected chi connectivity index (χ1v) is 9.72. The van der Waals surface area contributed by atoms with Gasteiger partial charge in [0.05, 0.1) is 5.69 Å². The number of hydrogen-bond donors (Lipinski definition) is 2. The number of rotatable bonds is 9. The van der Waals surface area contributed by atoms with E-state index in [2.05, 4.69) is 74.3 Å². The highest BCUT2D eigenvalue weighted by molar-refractivity contribution is 5.79. The van der Waals surface area contributed by atoms with Crippen molar-refractivity contribution in [3.05, 3.63) is 41.3 Å². The highest BCUT2D eigenvalue weighted by Gasteiger charge is 2.04. The molecule has 0 spiro atoms. The number of guanidine groups is 1. The summed E-state index contributed by atoms with van der Waals surface area (Å²) in [5.74, 6) is 1.83. The Hall–Kier alpha value is -2.57. The molecule has 148 valence electrons. The summed E-state index contributed by atoms with van der Waals surface area (Å²) in [5.41, 5.74) is 3.41. The molecule has 7 heteroatoms. The average Bonchev–Trinajstić information content (AvgIpc) is 3.00. The van der Waals surface area contributed by atoms with Crippen molar-refractivity contribution < 1.29 is 0 Å². The highest BCUT2D eigenvalue weighted by atomic mass is 15.3. The molecular weight excluding hydrogens is 338 g/mol. The fraction of sp³-hybridized carbons (Fsp3) is 0.550. The van der Waals surface area contributed by atoms with Crippen molar-refractivity contribution in [3.8, 4) is 0 Å². The number of nitrogens with zero attached hydrogens (tertiary/aromatic N) is 5. The normalized spacial score (nSPS) is 11.5. The summed E-state index contributed by atoms with van der Waals surface area (Å²) in [5, 5.41) is 11.2. The quantitative estimate of drug-likeness (QED) is 0.403. The van der Waals surface area contributed by atoms with Gasteiger partial charge in [-0.1, -0.05) is 6.07 Å². The van der Waals surface area contributed by atoms with Gasteiger partial charge in [0, 0.05) is 51.7 Å². The lowest BCUT2D eigenvalue weighted by Gasteiger charge is -2.19. The Morgan fingerprint density at radius 3 is 2.52 bits per heavy atom. The van der Waals surface area contributed by atoms with Crippen molar-refractivity contribution in [2.45, 2.75) is 47.2 Å². The molecule has 27 heavy (non-hydrogen) atoms. The maximum Gasteiger partial charge on any atom is 0.191 e. The molecule has 0 aliphatic carbocycles. The van der Waals surface area contributed by atoms with Crippen molar-refractivity contribution in [1.82, 2.24) is 25.4 Å². The standard InChI is InChI=1S/C20H33N7/c1-6-26(7-2)19-10-9-18(14-23-19)15-24-20(21-5)22-11-8-12-27-17(4)13-16(3)25-27/h9-10,13-14H,6-8,11-12,15H2,1-5H3,(H2,21,22,24). The largest absolute Gasteiger partial charge is 0.357 e. The number of hydrogen-bond acceptors (Lipinski definition) is 4. The molecule has 2 rings (SSSR count). The lowest BCUT2D eigenvalue weighted by molar-refractivity contribution is 0.555. The van der Waals surface area contributed by atoms with E-state index in [1.54, 1.807) is 7.05 Å². The monoisotopic (exact) mass is 371 g/mol. The highest BCUT2D eigenvalue weighted by Crippen LogP contribution is 2.10. The van der Waals surface area contributed by atoms with Crippen molar-refractivity contribution in [2.24, 2.45) is 4.99 Å². The second-order valence-electron chi connectivity index (χ2n) is 6.55. The van der Waals surface area contributed by atoms with E-state index in [1.807, 2.05) is 13.1 Å². The Labute approximate surface area is 162 Å². The molecule has 0 fully saturated rings. The molecule has 7 nitrogen and oxygen atoms in total. The third-order valence-electron chi connectivity index (χ3n) is 4.52. The Morgan fingerprint density at radius 1 is 1.19 bits per heavy atom. The fourth-order valence-electron chi connectivity index (χ4n) is 3.00. The minimum absolute atomic E-state index is 0.697. The van der Waals surface area contributed by atoms with E-state index in [-0.39, 0.29) is 0 Å². The molecule has 2 aromatic rings. The van der Waals surface area contributed by atoms with Crippen LogP contribution in [0.2, 0.25) is 0 Å². The zero-order valence-electron chi connectivity index (χ0n) is 17.3. The number of anilines is 1. The van der Waals surface area contributed by atoms with Gasteiger partial charge in [-0.25, -0.2) is 4.98 Å². The Morgan fingerprint density at radius 2 is 1.96 bits per heavy atom. The van der Waals surface area contributed by atoms with Crippen LogP contribution in [0.5, 0.6) is 0 Å². The zero-order valence-corrected chi connectivity index (χ0v) is 17.3. The molecule has 0 saturated heterocycles. The first-order valence-electron chi connectivity index (χ1n) is 9.72. The first-order chi connectivity index (χ1) is 13.1. The Bertz CT molecular complexity index is 714. The van der Waals surface area contributed by atoms with Crippen LogP contribution in [0.3, 0.4) is 0 Å². The first kappa shape index (κ1) is 20.7. The summed E-state index contributed by atoms with van der Waals surface area (Å²) < 4.78 is 2.05. The molecule has 0 unspecified atom stereocenters. The number of pyridine rings is 1. The Kier molecular flexibility index (Phi) is 8.10. The molecule has 0 aliphatic rings. The van der Waals surface area contributed by atoms with Crippen molar-refractivity contribution in [1.29, 1.82) is 0 Å². The van der Waals surface area contributed by atoms with Crippen LogP contribution in [0.15, 0.2) is 29.4 Å². The molecular formula is C20H33N7. The Balaban J connectivity index is 1.74. The van der Waals surface area contributed by atoms with E-state index in [0.717, 1.165) is 55.6 Å². The summed E-state index contributed by atoms with van der Waals surface area (Å²) in [6.45, 7) is 12.8. The van der Waals surface area contributed by atoms with Crippen LogP contribution >= 0.6 is 0 Å². The summed E-state index contributed by atoms with van der Waals surface area (Å²) in [7, 11) is 1.79. The summed E-state index contributed by atoms with van der Waals surface area (Å²) in [4.78, 5) is 11.1. The van der Waals surface area contributed by atoms with Gasteiger partial charge in [0.25, 0.3) is 0 Å². The number of aromatic nitrogens is 3. The minimum Gasteiger partial charge on any atom is -0.357 e. The second kappa shape index (κ2) is 10.5. The van der Waals surface area contributed by atoms with Gasteiger partial charge in [-0.2, -0.15) is 5.10 Å². The molecule has 0 aromatic carbocycles. The van der Waals surface area contributed by atoms with Gasteiger partial charge >= 0.3 is 0 Å². The maximum atomic E-state index is 4.56. The summed E-state index contributed by atoms with van der Waals surface area (Å²) in [6, 6.07) is 6.30. The maximum absolute atomic E-state index is 4.56. The van der Waals surface area contributed by atoms with Crippen LogP contribution in [0.1, 0.15) is 37.2 Å². The van der Waals surface area contributed by atoms with E-state index in [9.17, 15) is 0 Å². The molecule has 0 aliphatic heterocycles. The molecule has 0 atom stereocenters. The van der Waals surface area contributed by atoms with Crippen LogP contribution in [-0.2, 0) is 13.1 Å². The molecule has 0 radical (unpaired) electrons. The predicted octanol–water partition coefficient (Wildman–Crippen LogP) is 2.50. The predicted molar refractivity (Wildman–Crippen MR) is 112 cm³/mol. The average molecular weight is 372 g/mol. The number of aryl methyl sites for hydroxylation is 3. The van der Waals surface area contributed by atoms with E-state index in [1.165, 1.54) is 5.69 Å². The van der Waals surface area contributed by atoms with Crippen LogP contribution in [-0.4, -0.2) is 47.4 Å². The van der Waals surface area contributed by atoms with Gasteiger partial charge in [-0.15, -0.1) is 0 Å². The lowest BCUT2D eigenvalue weighted by atomic mass is 10.2. The summed E-state index contributed by atoms with van der Waals surface area (Å²) >= 11 is 0. The van der Waals surface area contributed by atoms with Crippen LogP contribution < -0.4 is 15.5 Å². The van der Waals surface area contributed by atoms with Gasteiger partial charge in [-0.3, -0.25) is 9.67 Å². The molecule has 2 aromatic heterocycles. The SMILES string of the molecule is CCN(CC)c1ccc(CNC(=NC)NCCCn2nc(C)cc2C)cn1. The van der Waals surface area contributed by atoms with E-state index >= 15 is 0 Å². The van der Waals surface area contributed by atoms with E-state index in [0.29, 0.717) is 6.54 Å². The zero-order chi connectivity index (χ0) is 19.6. The minimum atomic E-state index is 0.697. The molecule has 0 bridgehead atoms. The third-order valence-corrected chi connectivity index (χ3v) is 4.52. The molecule has 0 saturated carbocycles. The topological polar surface area (TPSA) is 70.4 Å². The van der Waals surface area contributed by atoms with Crippen LogP contribution in [0.25, 0.3) is 0 Å². The van der Waals surface area contributed by atoms with Crippen molar-refractivity contribution in [3.63, 3.8) is 0 Å². The second-order valence-corrected chi connectivity index (χ2v) is 6.55. The summed E-state index contributed by atoms with van der Waals surface area (Å²) in [6.07, 6.45) is 2.92. The molecule has 2 N–H and O–H groups in total. The smallest absolute Gasteiger partial charge is 0.191 e. The third kappa shape index (κ3) is 6.27. The van der Waals surface area contributed by atoms with Crippen molar-refractivity contribution in [2.75, 3.05) is 31.6 Å². The van der Waals surface area contributed by atoms with Gasteiger partial charge < -0.3 is 15.5 Å². The fourth-order valence-corrected chi connectivity index (χ4v) is 3.00. The van der Waals surface area contributed by atoms with Gasteiger partial charge in [0.1, 0.15) is 5.82 Å². The molecule has 2 heterocycles. The van der Waals surface area contributed by atoms with Crippen LogP contribution in [0, 0.1) is 13.8 Å². The number of aliphatic imine (C=N–C) groups is 1. The number of nitrogens with one attached hydrogen (secondary N) is 2.